The van der Waals surface area contributed by atoms with Crippen LogP contribution in [0.4, 0.5) is 22.8 Å². The molecule has 3 saturated carbocycles. The Morgan fingerprint density at radius 2 is 0.769 bits per heavy atom. The first-order chi connectivity index (χ1) is 56.7. The number of fused-ring (bicyclic) bond motifs is 3. The van der Waals surface area contributed by atoms with E-state index in [1.54, 1.807) is 99.4 Å². The smallest absolute Gasteiger partial charge is 0.410 e. The number of carbonyl (C=O) groups excluding carboxylic acids is 10. The third-order valence-electron chi connectivity index (χ3n) is 25.5. The number of benzene rings is 3. The fraction of sp³-hybridized carbons (Fsp3) is 0.624. The number of carbonyl (C=O) groups is 11. The second kappa shape index (κ2) is 43.4. The van der Waals surface area contributed by atoms with E-state index >= 15 is 0 Å². The van der Waals surface area contributed by atoms with E-state index in [1.807, 2.05) is 35.3 Å². The lowest BCUT2D eigenvalue weighted by atomic mass is 9.76. The molecule has 12 rings (SSSR count). The van der Waals surface area contributed by atoms with Gasteiger partial charge in [-0.15, -0.1) is 12.4 Å². The molecule has 0 bridgehead atoms. The van der Waals surface area contributed by atoms with Crippen molar-refractivity contribution in [3.05, 3.63) is 107 Å². The maximum Gasteiger partial charge on any atom is 0.410 e. The van der Waals surface area contributed by atoms with Crippen LogP contribution in [0.15, 0.2) is 73.2 Å². The Morgan fingerprint density at radius 1 is 0.463 bits per heavy atom. The highest BCUT2D eigenvalue weighted by Crippen LogP contribution is 2.40. The topological polar surface area (TPSA) is 296 Å². The molecule has 3 aliphatic heterocycles. The number of ketones is 5. The molecule has 0 spiro atoms. The molecule has 666 valence electrons. The molecule has 5 amide bonds. The highest BCUT2D eigenvalue weighted by Gasteiger charge is 2.43. The maximum absolute atomic E-state index is 14.3. The summed E-state index contributed by atoms with van der Waals surface area (Å²) in [4.78, 5) is 147. The zero-order valence-corrected chi connectivity index (χ0v) is 74.6. The van der Waals surface area contributed by atoms with Crippen LogP contribution in [-0.4, -0.2) is 202 Å². The first kappa shape index (κ1) is 97.5. The summed E-state index contributed by atoms with van der Waals surface area (Å²) < 4.78 is 58.1. The minimum Gasteiger partial charge on any atom is -0.480 e. The van der Waals surface area contributed by atoms with Gasteiger partial charge < -0.3 is 58.9 Å². The molecular formula is C93H132ClF3N10O14. The summed E-state index contributed by atoms with van der Waals surface area (Å²) >= 11 is 0. The Morgan fingerprint density at radius 3 is 1.07 bits per heavy atom. The number of halogens is 4. The predicted molar refractivity (Wildman–Crippen MR) is 464 cm³/mol. The van der Waals surface area contributed by atoms with E-state index in [2.05, 4.69) is 5.32 Å². The Labute approximate surface area is 717 Å². The third-order valence-corrected chi connectivity index (χ3v) is 25.5. The van der Waals surface area contributed by atoms with Crippen molar-refractivity contribution in [3.8, 4) is 0 Å². The molecule has 9 atom stereocenters. The van der Waals surface area contributed by atoms with Gasteiger partial charge in [-0.05, 0) is 240 Å². The van der Waals surface area contributed by atoms with Gasteiger partial charge in [0, 0.05) is 164 Å². The second-order valence-corrected chi connectivity index (χ2v) is 36.4. The molecule has 3 aromatic heterocycles. The number of nitrogens with one attached hydrogen (secondary N) is 1. The zero-order chi connectivity index (χ0) is 87.9. The highest BCUT2D eigenvalue weighted by atomic mass is 35.5. The van der Waals surface area contributed by atoms with E-state index in [4.69, 9.17) is 20.3 Å². The number of ether oxygens (including phenoxy) is 2. The maximum atomic E-state index is 14.3. The van der Waals surface area contributed by atoms with Crippen molar-refractivity contribution in [2.75, 3.05) is 40.8 Å². The normalized spacial score (nSPS) is 19.5. The molecule has 121 heavy (non-hydrogen) atoms. The van der Waals surface area contributed by atoms with Crippen LogP contribution in [0, 0.1) is 47.0 Å². The Bertz CT molecular complexity index is 4640. The van der Waals surface area contributed by atoms with Gasteiger partial charge in [0.2, 0.25) is 17.7 Å². The molecule has 3 saturated heterocycles. The van der Waals surface area contributed by atoms with Crippen LogP contribution in [0.25, 0.3) is 32.7 Å². The minimum absolute atomic E-state index is 0. The van der Waals surface area contributed by atoms with Gasteiger partial charge in [0.1, 0.15) is 40.5 Å². The van der Waals surface area contributed by atoms with Gasteiger partial charge in [-0.3, -0.25) is 43.3 Å². The van der Waals surface area contributed by atoms with Gasteiger partial charge in [0.25, 0.3) is 0 Å². The number of Topliss-reactive ketones (excluding diaryl/α,β-unsaturated/α-hetero) is 5. The van der Waals surface area contributed by atoms with E-state index in [9.17, 15) is 65.9 Å². The number of carboxylic acid groups (broad SMARTS) is 1. The summed E-state index contributed by atoms with van der Waals surface area (Å²) in [6, 6.07) is 11.2. The molecule has 3 aromatic carbocycles. The number of rotatable bonds is 25. The quantitative estimate of drug-likeness (QED) is 0.0449. The summed E-state index contributed by atoms with van der Waals surface area (Å²) in [7, 11) is 4.74. The van der Waals surface area contributed by atoms with Crippen molar-refractivity contribution in [2.24, 2.45) is 35.3 Å². The van der Waals surface area contributed by atoms with Crippen LogP contribution < -0.4 is 11.1 Å². The summed E-state index contributed by atoms with van der Waals surface area (Å²) in [5.74, 6) is -2.44. The third kappa shape index (κ3) is 25.4. The fourth-order valence-corrected chi connectivity index (χ4v) is 18.3. The molecule has 4 N–H and O–H groups in total. The van der Waals surface area contributed by atoms with E-state index < -0.39 is 59.2 Å². The average Bonchev–Trinajstić information content (AvgIpc) is 1.63. The largest absolute Gasteiger partial charge is 0.480 e. The van der Waals surface area contributed by atoms with Crippen LogP contribution in [0.5, 0.6) is 0 Å². The lowest BCUT2D eigenvalue weighted by Gasteiger charge is -2.35. The molecule has 0 unspecified atom stereocenters. The monoisotopic (exact) mass is 1700 g/mol. The standard InChI is InChI=1S/C33H46FN3O5.C28H38FN3O3.C23H30FN3O2.C9H17NO4.ClH/c1-21(35(6)32(41)42-33(3,4)5)30(39)18-26(23-11-8-7-9-12-23)31(40)37-16-10-13-25(37)19-36-20-28(22(2)38)27-17-24(34)14-15-29(27)36;1-18(30-3)27(34)15-23(20-8-5-4-6-9-20)28(35)32-13-7-10-22(32)16-31-17-25(19(2)33)24-14-21(29)11-12-26(24)31;1-15(28)20-14-26(21-10-9-17(24)12-19(20)21)13-18-8-5-11-27(18)23(29)22(25)16-6-3-2-4-7-16;1-6(7(11)12)10(5)8(13)14-9(2,3)4;/h14-15,17,20-21,23,25-26H,7-13,16,18-19H2,1-6H3;11-12,14,17-18,20,22-23,30H,4-10,13,15-16H2,1-3H3;9-10,12,14,16,18,22H,2-8,11,13,25H2,1H3;6H,1-5H3,(H,11,12);1H/t21-,25-,26-;18-,22-,23-;18-,22-;6-;/m0000./s1. The van der Waals surface area contributed by atoms with Gasteiger partial charge in [-0.2, -0.15) is 0 Å². The van der Waals surface area contributed by atoms with Crippen molar-refractivity contribution in [3.63, 3.8) is 0 Å². The van der Waals surface area contributed by atoms with Crippen LogP contribution in [0.1, 0.15) is 262 Å². The number of nitrogens with zero attached hydrogens (tertiary/aromatic N) is 8. The molecule has 6 aliphatic rings. The number of carboxylic acids is 1. The lowest BCUT2D eigenvalue weighted by molar-refractivity contribution is -0.142. The number of likely N-dealkylation sites (tertiary alicyclic amines) is 3. The SMILES string of the molecule is CC(=O)c1cn(C[C@@H]2CCCN2C(=O)[C@@H](CC(=O)[C@H](C)N(C)C(=O)OC(C)(C)C)C2CCCCC2)c2ccc(F)cc12.CC(=O)c1cn(C[C@@H]2CCCN2C(=O)[C@@H](N)C2CCCCC2)c2ccc(F)cc12.CN[C@@H](C)C(=O)C[C@H](C(=O)N1CCC[C@H]1Cn1cc(C(C)=O)c2cc(F)ccc21)C1CCCCC1.C[C@@H](C(=O)O)N(C)C(=O)OC(C)(C)C.Cl. The average molecular weight is 1710 g/mol. The number of likely N-dealkylation sites (N-methyl/N-ethyl adjacent to an activating group) is 3. The molecule has 6 aromatic rings. The van der Waals surface area contributed by atoms with Gasteiger partial charge in [0.15, 0.2) is 23.1 Å². The molecular weight excluding hydrogens is 1570 g/mol. The van der Waals surface area contributed by atoms with Crippen molar-refractivity contribution >= 4 is 110 Å². The Hall–Kier alpha value is -8.95. The summed E-state index contributed by atoms with van der Waals surface area (Å²) in [5, 5.41) is 13.5. The van der Waals surface area contributed by atoms with Gasteiger partial charge in [-0.1, -0.05) is 57.8 Å². The van der Waals surface area contributed by atoms with Crippen molar-refractivity contribution < 1.29 is 80.5 Å². The number of aliphatic carboxylic acids is 1. The molecule has 3 aliphatic carbocycles. The molecule has 6 fully saturated rings. The van der Waals surface area contributed by atoms with E-state index in [-0.39, 0.29) is 131 Å². The number of amides is 5. The first-order valence-electron chi connectivity index (χ1n) is 43.6. The number of nitrogens with two attached hydrogens (primary N) is 1. The summed E-state index contributed by atoms with van der Waals surface area (Å²) in [5.41, 5.74) is 8.99. The predicted octanol–water partition coefficient (Wildman–Crippen LogP) is 16.8. The van der Waals surface area contributed by atoms with Crippen LogP contribution in [0.2, 0.25) is 0 Å². The van der Waals surface area contributed by atoms with Crippen LogP contribution in [0.3, 0.4) is 0 Å². The van der Waals surface area contributed by atoms with Crippen molar-refractivity contribution in [1.82, 2.24) is 43.5 Å². The van der Waals surface area contributed by atoms with Gasteiger partial charge in [0.05, 0.1) is 18.1 Å². The van der Waals surface area contributed by atoms with Gasteiger partial charge in [-0.25, -0.2) is 27.6 Å². The van der Waals surface area contributed by atoms with E-state index in [1.165, 1.54) is 88.9 Å². The zero-order valence-electron chi connectivity index (χ0n) is 73.8. The van der Waals surface area contributed by atoms with Gasteiger partial charge >= 0.3 is 18.2 Å². The number of aromatic nitrogens is 3. The first-order valence-corrected chi connectivity index (χ1v) is 43.6. The lowest BCUT2D eigenvalue weighted by Crippen LogP contribution is -2.50. The van der Waals surface area contributed by atoms with E-state index in [0.29, 0.717) is 65.6 Å². The van der Waals surface area contributed by atoms with E-state index in [0.717, 1.165) is 150 Å². The molecule has 0 radical (unpaired) electrons. The molecule has 28 heteroatoms. The minimum atomic E-state index is -1.06. The Balaban J connectivity index is 0.000000211. The number of hydrogen-bond acceptors (Lipinski definition) is 15. The second-order valence-electron chi connectivity index (χ2n) is 36.4. The molecule has 6 heterocycles. The van der Waals surface area contributed by atoms with Crippen molar-refractivity contribution in [2.45, 2.75) is 304 Å². The van der Waals surface area contributed by atoms with Crippen molar-refractivity contribution in [1.29, 1.82) is 0 Å². The summed E-state index contributed by atoms with van der Waals surface area (Å²) in [6.45, 7) is 23.6. The number of hydrogen-bond donors (Lipinski definition) is 3. The fourth-order valence-electron chi connectivity index (χ4n) is 18.3. The van der Waals surface area contributed by atoms with Crippen LogP contribution in [-0.2, 0) is 57.9 Å². The molecule has 24 nitrogen and oxygen atoms in total. The Kier molecular flexibility index (Phi) is 35.0. The van der Waals surface area contributed by atoms with Crippen LogP contribution >= 0.6 is 12.4 Å². The summed E-state index contributed by atoms with van der Waals surface area (Å²) in [6.07, 6.45) is 26.0. The highest BCUT2D eigenvalue weighted by molar-refractivity contribution is 6.09.